The average molecular weight is 354 g/mol. The Morgan fingerprint density at radius 3 is 2.72 bits per heavy atom. The number of hydrogen-bond acceptors (Lipinski definition) is 5. The van der Waals surface area contributed by atoms with Crippen molar-refractivity contribution in [2.75, 3.05) is 10.6 Å². The molecule has 1 amide bonds. The number of ether oxygens (including phenoxy) is 1. The van der Waals surface area contributed by atoms with Crippen molar-refractivity contribution in [3.8, 4) is 5.75 Å². The van der Waals surface area contributed by atoms with Gasteiger partial charge in [-0.25, -0.2) is 9.97 Å². The molecule has 0 unspecified atom stereocenters. The van der Waals surface area contributed by atoms with Crippen LogP contribution < -0.4 is 15.4 Å². The highest BCUT2D eigenvalue weighted by atomic mass is 19.4. The van der Waals surface area contributed by atoms with E-state index in [4.69, 9.17) is 0 Å². The highest BCUT2D eigenvalue weighted by Gasteiger charge is 2.31. The molecule has 1 aromatic carbocycles. The van der Waals surface area contributed by atoms with Crippen LogP contribution in [0.1, 0.15) is 24.6 Å². The number of anilines is 2. The Balaban J connectivity index is 2.01. The number of hydrogen-bond donors (Lipinski definition) is 2. The molecule has 0 aliphatic carbocycles. The van der Waals surface area contributed by atoms with Crippen molar-refractivity contribution >= 4 is 17.5 Å². The maximum absolute atomic E-state index is 12.2. The Morgan fingerprint density at radius 1 is 1.32 bits per heavy atom. The maximum Gasteiger partial charge on any atom is 0.573 e. The number of alkyl halides is 3. The van der Waals surface area contributed by atoms with Gasteiger partial charge in [0.1, 0.15) is 11.6 Å². The van der Waals surface area contributed by atoms with E-state index in [1.165, 1.54) is 24.4 Å². The molecule has 0 atom stereocenters. The van der Waals surface area contributed by atoms with Gasteiger partial charge in [0.2, 0.25) is 5.91 Å². The SMILES string of the molecule is CCC(=O)Nc1cnc(NCc2cccc(OC(F)(F)F)c2)c(C)n1. The second-order valence-corrected chi connectivity index (χ2v) is 5.14. The van der Waals surface area contributed by atoms with E-state index in [1.807, 2.05) is 0 Å². The summed E-state index contributed by atoms with van der Waals surface area (Å²) in [4.78, 5) is 19.7. The van der Waals surface area contributed by atoms with Crippen LogP contribution in [0, 0.1) is 6.92 Å². The molecule has 0 aliphatic heterocycles. The van der Waals surface area contributed by atoms with E-state index >= 15 is 0 Å². The van der Waals surface area contributed by atoms with Crippen molar-refractivity contribution in [2.24, 2.45) is 0 Å². The highest BCUT2D eigenvalue weighted by Crippen LogP contribution is 2.23. The van der Waals surface area contributed by atoms with Gasteiger partial charge in [0.05, 0.1) is 11.9 Å². The van der Waals surface area contributed by atoms with Gasteiger partial charge in [-0.3, -0.25) is 4.79 Å². The van der Waals surface area contributed by atoms with Crippen LogP contribution in [0.15, 0.2) is 30.5 Å². The molecule has 0 bridgehead atoms. The normalized spacial score (nSPS) is 11.1. The summed E-state index contributed by atoms with van der Waals surface area (Å²) >= 11 is 0. The number of nitrogens with one attached hydrogen (secondary N) is 2. The molecule has 0 spiro atoms. The van der Waals surface area contributed by atoms with Gasteiger partial charge < -0.3 is 15.4 Å². The first-order valence-corrected chi connectivity index (χ1v) is 7.49. The molecule has 9 heteroatoms. The van der Waals surface area contributed by atoms with Crippen LogP contribution in [0.25, 0.3) is 0 Å². The zero-order valence-electron chi connectivity index (χ0n) is 13.6. The van der Waals surface area contributed by atoms with Crippen LogP contribution in [-0.2, 0) is 11.3 Å². The Hall–Kier alpha value is -2.84. The van der Waals surface area contributed by atoms with Gasteiger partial charge in [0.25, 0.3) is 0 Å². The van der Waals surface area contributed by atoms with Crippen molar-refractivity contribution in [2.45, 2.75) is 33.2 Å². The van der Waals surface area contributed by atoms with E-state index in [2.05, 4.69) is 25.3 Å². The summed E-state index contributed by atoms with van der Waals surface area (Å²) in [6, 6.07) is 5.65. The second kappa shape index (κ2) is 7.82. The molecule has 0 radical (unpaired) electrons. The Morgan fingerprint density at radius 2 is 2.08 bits per heavy atom. The smallest absolute Gasteiger partial charge is 0.406 e. The number of aryl methyl sites for hydroxylation is 1. The molecule has 1 heterocycles. The van der Waals surface area contributed by atoms with Gasteiger partial charge >= 0.3 is 6.36 Å². The first-order valence-electron chi connectivity index (χ1n) is 7.49. The third-order valence-corrected chi connectivity index (χ3v) is 3.13. The Kier molecular flexibility index (Phi) is 5.79. The fraction of sp³-hybridized carbons (Fsp3) is 0.312. The molecule has 2 N–H and O–H groups in total. The summed E-state index contributed by atoms with van der Waals surface area (Å²) in [5.74, 6) is 0.357. The molecule has 134 valence electrons. The van der Waals surface area contributed by atoms with Gasteiger partial charge in [-0.05, 0) is 24.6 Å². The van der Waals surface area contributed by atoms with Crippen LogP contribution in [-0.4, -0.2) is 22.2 Å². The summed E-state index contributed by atoms with van der Waals surface area (Å²) in [5, 5.41) is 5.59. The number of aromatic nitrogens is 2. The second-order valence-electron chi connectivity index (χ2n) is 5.14. The van der Waals surface area contributed by atoms with Crippen LogP contribution in [0.4, 0.5) is 24.8 Å². The number of rotatable bonds is 6. The monoisotopic (exact) mass is 354 g/mol. The molecule has 25 heavy (non-hydrogen) atoms. The van der Waals surface area contributed by atoms with Crippen LogP contribution >= 0.6 is 0 Å². The van der Waals surface area contributed by atoms with Crippen LogP contribution in [0.2, 0.25) is 0 Å². The Labute approximate surface area is 142 Å². The largest absolute Gasteiger partial charge is 0.573 e. The van der Waals surface area contributed by atoms with E-state index in [1.54, 1.807) is 19.9 Å². The summed E-state index contributed by atoms with van der Waals surface area (Å²) in [5.41, 5.74) is 1.14. The minimum absolute atomic E-state index is 0.170. The number of halogens is 3. The van der Waals surface area contributed by atoms with E-state index < -0.39 is 6.36 Å². The summed E-state index contributed by atoms with van der Waals surface area (Å²) < 4.78 is 40.6. The van der Waals surface area contributed by atoms with Crippen molar-refractivity contribution in [3.05, 3.63) is 41.7 Å². The first-order chi connectivity index (χ1) is 11.8. The van der Waals surface area contributed by atoms with Gasteiger partial charge in [-0.2, -0.15) is 0 Å². The lowest BCUT2D eigenvalue weighted by Crippen LogP contribution is -2.17. The zero-order valence-corrected chi connectivity index (χ0v) is 13.6. The third-order valence-electron chi connectivity index (χ3n) is 3.13. The molecular formula is C16H17F3N4O2. The minimum atomic E-state index is -4.73. The maximum atomic E-state index is 12.2. The Bertz CT molecular complexity index is 750. The standard InChI is InChI=1S/C16H17F3N4O2/c1-3-14(24)23-13-9-21-15(10(2)22-13)20-8-11-5-4-6-12(7-11)25-16(17,18)19/h4-7,9H,3,8H2,1-2H3,(H,20,21)(H,22,23,24). The van der Waals surface area contributed by atoms with Gasteiger partial charge in [-0.15, -0.1) is 13.2 Å². The predicted octanol–water partition coefficient (Wildman–Crippen LogP) is 3.64. The fourth-order valence-corrected chi connectivity index (χ4v) is 1.98. The highest BCUT2D eigenvalue weighted by molar-refractivity contribution is 5.89. The lowest BCUT2D eigenvalue weighted by molar-refractivity contribution is -0.274. The zero-order chi connectivity index (χ0) is 18.4. The molecule has 0 fully saturated rings. The molecule has 0 aliphatic rings. The van der Waals surface area contributed by atoms with Crippen molar-refractivity contribution < 1.29 is 22.7 Å². The van der Waals surface area contributed by atoms with E-state index in [0.29, 0.717) is 29.3 Å². The van der Waals surface area contributed by atoms with Crippen molar-refractivity contribution in [3.63, 3.8) is 0 Å². The van der Waals surface area contributed by atoms with Crippen LogP contribution in [0.5, 0.6) is 5.75 Å². The fourth-order valence-electron chi connectivity index (χ4n) is 1.98. The third kappa shape index (κ3) is 5.94. The number of benzene rings is 1. The van der Waals surface area contributed by atoms with Gasteiger partial charge in [-0.1, -0.05) is 19.1 Å². The lowest BCUT2D eigenvalue weighted by atomic mass is 10.2. The average Bonchev–Trinajstić information content (AvgIpc) is 2.52. The van der Waals surface area contributed by atoms with Crippen molar-refractivity contribution in [1.82, 2.24) is 9.97 Å². The molecule has 1 aromatic heterocycles. The predicted molar refractivity (Wildman–Crippen MR) is 86.1 cm³/mol. The number of nitrogens with zero attached hydrogens (tertiary/aromatic N) is 2. The number of carbonyl (C=O) groups excluding carboxylic acids is 1. The van der Waals surface area contributed by atoms with E-state index in [0.717, 1.165) is 0 Å². The molecule has 0 saturated heterocycles. The quantitative estimate of drug-likeness (QED) is 0.828. The molecule has 6 nitrogen and oxygen atoms in total. The summed E-state index contributed by atoms with van der Waals surface area (Å²) in [6.07, 6.45) is -2.99. The molecule has 2 rings (SSSR count). The first kappa shape index (κ1) is 18.5. The summed E-state index contributed by atoms with van der Waals surface area (Å²) in [6.45, 7) is 3.67. The lowest BCUT2D eigenvalue weighted by Gasteiger charge is -2.12. The number of carbonyl (C=O) groups is 1. The topological polar surface area (TPSA) is 76.1 Å². The van der Waals surface area contributed by atoms with E-state index in [9.17, 15) is 18.0 Å². The molecule has 2 aromatic rings. The van der Waals surface area contributed by atoms with E-state index in [-0.39, 0.29) is 18.2 Å². The molecule has 0 saturated carbocycles. The van der Waals surface area contributed by atoms with Gasteiger partial charge in [0.15, 0.2) is 5.82 Å². The number of amides is 1. The van der Waals surface area contributed by atoms with Gasteiger partial charge in [0, 0.05) is 13.0 Å². The minimum Gasteiger partial charge on any atom is -0.406 e. The van der Waals surface area contributed by atoms with Crippen molar-refractivity contribution in [1.29, 1.82) is 0 Å². The van der Waals surface area contributed by atoms with Crippen LogP contribution in [0.3, 0.4) is 0 Å². The molecular weight excluding hydrogens is 337 g/mol. The summed E-state index contributed by atoms with van der Waals surface area (Å²) in [7, 11) is 0.